The van der Waals surface area contributed by atoms with Crippen LogP contribution in [-0.2, 0) is 26.0 Å². The Morgan fingerprint density at radius 1 is 1.15 bits per heavy atom. The molecule has 2 aliphatic rings. The first-order chi connectivity index (χ1) is 12.8. The highest BCUT2D eigenvalue weighted by Crippen LogP contribution is 2.27. The summed E-state index contributed by atoms with van der Waals surface area (Å²) in [5.74, 6) is -0.246. The van der Waals surface area contributed by atoms with Gasteiger partial charge in [0.15, 0.2) is 0 Å². The first kappa shape index (κ1) is 19.8. The zero-order valence-electron chi connectivity index (χ0n) is 15.9. The van der Waals surface area contributed by atoms with Gasteiger partial charge in [-0.15, -0.1) is 0 Å². The van der Waals surface area contributed by atoms with E-state index in [1.807, 2.05) is 0 Å². The van der Waals surface area contributed by atoms with E-state index in [2.05, 4.69) is 5.32 Å². The Balaban J connectivity index is 1.70. The molecule has 27 heavy (non-hydrogen) atoms. The van der Waals surface area contributed by atoms with Gasteiger partial charge >= 0.3 is 0 Å². The zero-order valence-corrected chi connectivity index (χ0v) is 16.7. The summed E-state index contributed by atoms with van der Waals surface area (Å²) in [7, 11) is -0.574. The molecule has 148 valence electrons. The molecule has 0 bridgehead atoms. The lowest BCUT2D eigenvalue weighted by atomic mass is 9.94. The molecule has 7 nitrogen and oxygen atoms in total. The second-order valence-electron chi connectivity index (χ2n) is 7.42. The minimum absolute atomic E-state index is 0.0634. The number of aryl methyl sites for hydroxylation is 1. The number of benzene rings is 1. The second kappa shape index (κ2) is 7.98. The van der Waals surface area contributed by atoms with Crippen molar-refractivity contribution in [2.75, 3.05) is 26.0 Å². The van der Waals surface area contributed by atoms with Gasteiger partial charge in [0, 0.05) is 32.2 Å². The van der Waals surface area contributed by atoms with Crippen LogP contribution in [0.15, 0.2) is 23.1 Å². The van der Waals surface area contributed by atoms with E-state index in [9.17, 15) is 18.0 Å². The molecule has 0 aromatic heterocycles. The third kappa shape index (κ3) is 4.32. The van der Waals surface area contributed by atoms with Crippen LogP contribution in [0, 0.1) is 0 Å². The van der Waals surface area contributed by atoms with Gasteiger partial charge in [0.2, 0.25) is 21.8 Å². The molecule has 0 saturated heterocycles. The molecule has 8 heteroatoms. The Morgan fingerprint density at radius 3 is 2.56 bits per heavy atom. The quantitative estimate of drug-likeness (QED) is 0.829. The number of hydrogen-bond donors (Lipinski definition) is 1. The van der Waals surface area contributed by atoms with Crippen molar-refractivity contribution in [2.24, 2.45) is 0 Å². The Bertz CT molecular complexity index is 831. The number of amides is 2. The van der Waals surface area contributed by atoms with Crippen molar-refractivity contribution in [2.45, 2.75) is 55.9 Å². The van der Waals surface area contributed by atoms with E-state index in [1.165, 1.54) is 19.5 Å². The number of sulfonamides is 1. The average Bonchev–Trinajstić information content (AvgIpc) is 2.67. The second-order valence-corrected chi connectivity index (χ2v) is 9.47. The van der Waals surface area contributed by atoms with E-state index < -0.39 is 10.0 Å². The topological polar surface area (TPSA) is 86.8 Å². The monoisotopic (exact) mass is 393 g/mol. The maximum Gasteiger partial charge on any atom is 0.243 e. The van der Waals surface area contributed by atoms with Gasteiger partial charge in [-0.3, -0.25) is 9.59 Å². The molecule has 0 unspecified atom stereocenters. The predicted molar refractivity (Wildman–Crippen MR) is 103 cm³/mol. The lowest BCUT2D eigenvalue weighted by Gasteiger charge is -2.32. The lowest BCUT2D eigenvalue weighted by molar-refractivity contribution is -0.132. The maximum atomic E-state index is 12.9. The number of nitrogens with zero attached hydrogens (tertiary/aromatic N) is 2. The van der Waals surface area contributed by atoms with Gasteiger partial charge in [-0.05, 0) is 43.0 Å². The molecule has 2 amide bonds. The summed E-state index contributed by atoms with van der Waals surface area (Å²) in [5, 5.41) is 2.74. The molecule has 0 atom stereocenters. The fraction of sp³-hybridized carbons (Fsp3) is 0.579. The van der Waals surface area contributed by atoms with E-state index in [-0.39, 0.29) is 29.3 Å². The molecular weight excluding hydrogens is 366 g/mol. The van der Waals surface area contributed by atoms with Gasteiger partial charge in [0.1, 0.15) is 0 Å². The molecule has 1 aromatic rings. The third-order valence-corrected chi connectivity index (χ3v) is 7.35. The highest BCUT2D eigenvalue weighted by Gasteiger charge is 2.28. The third-order valence-electron chi connectivity index (χ3n) is 5.55. The Labute approximate surface area is 160 Å². The number of likely N-dealkylation sites (N-methyl/N-ethyl adjacent to an activating group) is 2. The fourth-order valence-corrected chi connectivity index (χ4v) is 4.93. The summed E-state index contributed by atoms with van der Waals surface area (Å²) in [4.78, 5) is 25.9. The first-order valence-electron chi connectivity index (χ1n) is 9.44. The number of fused-ring (bicyclic) bond motifs is 1. The zero-order chi connectivity index (χ0) is 19.6. The lowest BCUT2D eigenvalue weighted by Crippen LogP contribution is -2.44. The number of hydrogen-bond acceptors (Lipinski definition) is 4. The number of anilines is 1. The maximum absolute atomic E-state index is 12.9. The van der Waals surface area contributed by atoms with Crippen molar-refractivity contribution in [3.63, 3.8) is 0 Å². The van der Waals surface area contributed by atoms with Crippen LogP contribution in [0.4, 0.5) is 5.69 Å². The van der Waals surface area contributed by atoms with Crippen LogP contribution < -0.4 is 5.32 Å². The van der Waals surface area contributed by atoms with E-state index >= 15 is 0 Å². The Morgan fingerprint density at radius 2 is 1.85 bits per heavy atom. The summed E-state index contributed by atoms with van der Waals surface area (Å²) in [6.07, 6.45) is 6.24. The van der Waals surface area contributed by atoms with Gasteiger partial charge < -0.3 is 10.2 Å². The number of carbonyl (C=O) groups excluding carboxylic acids is 2. The van der Waals surface area contributed by atoms with Crippen LogP contribution in [0.1, 0.15) is 44.1 Å². The van der Waals surface area contributed by atoms with E-state index in [0.29, 0.717) is 18.5 Å². The molecule has 1 aliphatic carbocycles. The fourth-order valence-electron chi connectivity index (χ4n) is 3.76. The van der Waals surface area contributed by atoms with Crippen LogP contribution >= 0.6 is 0 Å². The highest BCUT2D eigenvalue weighted by atomic mass is 32.2. The Kier molecular flexibility index (Phi) is 5.86. The molecule has 1 saturated carbocycles. The molecule has 1 heterocycles. The smallest absolute Gasteiger partial charge is 0.243 e. The van der Waals surface area contributed by atoms with Crippen LogP contribution in [-0.4, -0.2) is 56.1 Å². The SMILES string of the molecule is CN(C(=O)CN(C)S(=O)(=O)c1ccc2c(c1)CCC(=O)N2)C1CCCCC1. The van der Waals surface area contributed by atoms with E-state index in [4.69, 9.17) is 0 Å². The van der Waals surface area contributed by atoms with Gasteiger partial charge in [0.25, 0.3) is 0 Å². The van der Waals surface area contributed by atoms with Crippen molar-refractivity contribution >= 4 is 27.5 Å². The number of nitrogens with one attached hydrogen (secondary N) is 1. The molecule has 1 aromatic carbocycles. The molecule has 1 N–H and O–H groups in total. The van der Waals surface area contributed by atoms with Crippen LogP contribution in [0.25, 0.3) is 0 Å². The van der Waals surface area contributed by atoms with Crippen LogP contribution in [0.5, 0.6) is 0 Å². The van der Waals surface area contributed by atoms with Crippen molar-refractivity contribution < 1.29 is 18.0 Å². The highest BCUT2D eigenvalue weighted by molar-refractivity contribution is 7.89. The summed E-state index contributed by atoms with van der Waals surface area (Å²) >= 11 is 0. The normalized spacial score (nSPS) is 18.1. The molecular formula is C19H27N3O4S. The number of carbonyl (C=O) groups is 2. The van der Waals surface area contributed by atoms with E-state index in [1.54, 1.807) is 24.1 Å². The summed E-state index contributed by atoms with van der Waals surface area (Å²) in [5.41, 5.74) is 1.45. The Hall–Kier alpha value is -1.93. The summed E-state index contributed by atoms with van der Waals surface area (Å²) in [6.45, 7) is -0.177. The van der Waals surface area contributed by atoms with Gasteiger partial charge in [-0.25, -0.2) is 8.42 Å². The van der Waals surface area contributed by atoms with Crippen molar-refractivity contribution in [1.82, 2.24) is 9.21 Å². The minimum atomic E-state index is -3.77. The van der Waals surface area contributed by atoms with Crippen molar-refractivity contribution in [3.05, 3.63) is 23.8 Å². The molecule has 1 fully saturated rings. The number of rotatable bonds is 5. The van der Waals surface area contributed by atoms with E-state index in [0.717, 1.165) is 35.6 Å². The van der Waals surface area contributed by atoms with Crippen LogP contribution in [0.3, 0.4) is 0 Å². The summed E-state index contributed by atoms with van der Waals surface area (Å²) < 4.78 is 26.9. The standard InChI is InChI=1S/C19H27N3O4S/c1-21(13-19(24)22(2)15-6-4-3-5-7-15)27(25,26)16-9-10-17-14(12-16)8-11-18(23)20-17/h9-10,12,15H,3-8,11,13H2,1-2H3,(H,20,23). The molecule has 0 radical (unpaired) electrons. The van der Waals surface area contributed by atoms with Gasteiger partial charge in [-0.2, -0.15) is 4.31 Å². The molecule has 1 aliphatic heterocycles. The van der Waals surface area contributed by atoms with Gasteiger partial charge in [-0.1, -0.05) is 19.3 Å². The summed E-state index contributed by atoms with van der Waals surface area (Å²) in [6, 6.07) is 4.89. The minimum Gasteiger partial charge on any atom is -0.342 e. The molecule has 3 rings (SSSR count). The van der Waals surface area contributed by atoms with Gasteiger partial charge in [0.05, 0.1) is 11.4 Å². The van der Waals surface area contributed by atoms with Crippen molar-refractivity contribution in [3.8, 4) is 0 Å². The van der Waals surface area contributed by atoms with Crippen molar-refractivity contribution in [1.29, 1.82) is 0 Å². The predicted octanol–water partition coefficient (Wildman–Crippen LogP) is 1.98. The largest absolute Gasteiger partial charge is 0.342 e. The van der Waals surface area contributed by atoms with Crippen LogP contribution in [0.2, 0.25) is 0 Å². The molecule has 0 spiro atoms. The average molecular weight is 394 g/mol. The first-order valence-corrected chi connectivity index (χ1v) is 10.9.